The first-order valence-corrected chi connectivity index (χ1v) is 12.4. The summed E-state index contributed by atoms with van der Waals surface area (Å²) >= 11 is 16.1. The number of halogens is 4. The van der Waals surface area contributed by atoms with E-state index in [1.165, 1.54) is 5.56 Å². The van der Waals surface area contributed by atoms with Gasteiger partial charge in [-0.3, -0.25) is 0 Å². The smallest absolute Gasteiger partial charge is 0.208 e. The summed E-state index contributed by atoms with van der Waals surface area (Å²) in [6, 6.07) is 11.2. The third kappa shape index (κ3) is 4.92. The highest BCUT2D eigenvalue weighted by Gasteiger charge is 2.29. The molecule has 0 spiro atoms. The van der Waals surface area contributed by atoms with Crippen LogP contribution in [0.25, 0.3) is 0 Å². The molecule has 140 valence electrons. The van der Waals surface area contributed by atoms with E-state index in [4.69, 9.17) is 11.6 Å². The van der Waals surface area contributed by atoms with E-state index < -0.39 is 10.0 Å². The van der Waals surface area contributed by atoms with Gasteiger partial charge in [-0.15, -0.1) is 0 Å². The molecule has 1 aliphatic carbocycles. The zero-order valence-electron chi connectivity index (χ0n) is 13.7. The van der Waals surface area contributed by atoms with Gasteiger partial charge in [0, 0.05) is 24.5 Å². The van der Waals surface area contributed by atoms with Gasteiger partial charge in [0.25, 0.3) is 0 Å². The van der Waals surface area contributed by atoms with Crippen molar-refractivity contribution in [2.24, 2.45) is 0 Å². The Labute approximate surface area is 184 Å². The van der Waals surface area contributed by atoms with Crippen LogP contribution in [0, 0.1) is 0 Å². The van der Waals surface area contributed by atoms with Crippen molar-refractivity contribution in [2.75, 3.05) is 0 Å². The van der Waals surface area contributed by atoms with E-state index >= 15 is 0 Å². The second kappa shape index (κ2) is 8.62. The summed E-state index contributed by atoms with van der Waals surface area (Å²) in [5.74, 6) is 0.338. The molecule has 0 aromatic heterocycles. The van der Waals surface area contributed by atoms with Crippen LogP contribution in [0.3, 0.4) is 0 Å². The van der Waals surface area contributed by atoms with Crippen molar-refractivity contribution in [1.82, 2.24) is 4.72 Å². The Hall–Kier alpha value is 0.0800. The molecule has 3 nitrogen and oxygen atoms in total. The summed E-state index contributed by atoms with van der Waals surface area (Å²) in [4.78, 5) is 0.231. The van der Waals surface area contributed by atoms with Crippen LogP contribution >= 0.6 is 59.4 Å². The maximum atomic E-state index is 12.9. The van der Waals surface area contributed by atoms with Crippen molar-refractivity contribution in [3.8, 4) is 0 Å². The van der Waals surface area contributed by atoms with Gasteiger partial charge in [0.1, 0.15) is 4.90 Å². The van der Waals surface area contributed by atoms with Gasteiger partial charge in [0.2, 0.25) is 10.0 Å². The normalized spacial score (nSPS) is 20.9. The highest BCUT2D eigenvalue weighted by molar-refractivity contribution is 9.11. The first-order valence-electron chi connectivity index (χ1n) is 8.18. The molecule has 2 atom stereocenters. The van der Waals surface area contributed by atoms with Crippen LogP contribution in [-0.4, -0.2) is 14.5 Å². The molecule has 26 heavy (non-hydrogen) atoms. The standard InChI is InChI=1S/C18H17Br3ClNO2S/c19-13-9-16(20)18(17(21)10-13)26(24,25)23-15-3-1-2-12(8-15)11-4-6-14(22)7-5-11/h4-7,9-10,12,15,23H,1-3,8H2. The van der Waals surface area contributed by atoms with Crippen LogP contribution in [0.2, 0.25) is 5.02 Å². The average Bonchev–Trinajstić information content (AvgIpc) is 2.54. The van der Waals surface area contributed by atoms with E-state index in [9.17, 15) is 8.42 Å². The second-order valence-electron chi connectivity index (χ2n) is 6.43. The summed E-state index contributed by atoms with van der Waals surface area (Å²) in [5.41, 5.74) is 1.21. The Morgan fingerprint density at radius 3 is 2.23 bits per heavy atom. The molecule has 3 rings (SSSR count). The quantitative estimate of drug-likeness (QED) is 0.437. The lowest BCUT2D eigenvalue weighted by molar-refractivity contribution is 0.371. The summed E-state index contributed by atoms with van der Waals surface area (Å²) < 4.78 is 30.6. The van der Waals surface area contributed by atoms with Gasteiger partial charge >= 0.3 is 0 Å². The van der Waals surface area contributed by atoms with E-state index in [0.29, 0.717) is 19.9 Å². The topological polar surface area (TPSA) is 46.2 Å². The number of hydrogen-bond donors (Lipinski definition) is 1. The van der Waals surface area contributed by atoms with Crippen molar-refractivity contribution >= 4 is 69.4 Å². The van der Waals surface area contributed by atoms with Crippen LogP contribution in [0.15, 0.2) is 54.7 Å². The minimum atomic E-state index is -3.64. The van der Waals surface area contributed by atoms with Gasteiger partial charge in [-0.1, -0.05) is 46.1 Å². The lowest BCUT2D eigenvalue weighted by atomic mass is 9.82. The van der Waals surface area contributed by atoms with Gasteiger partial charge in [-0.05, 0) is 86.9 Å². The number of benzene rings is 2. The van der Waals surface area contributed by atoms with Crippen LogP contribution in [0.4, 0.5) is 0 Å². The molecule has 0 amide bonds. The van der Waals surface area contributed by atoms with Crippen molar-refractivity contribution in [3.05, 3.63) is 60.4 Å². The van der Waals surface area contributed by atoms with Gasteiger partial charge in [-0.25, -0.2) is 13.1 Å². The van der Waals surface area contributed by atoms with Crippen molar-refractivity contribution in [1.29, 1.82) is 0 Å². The predicted octanol–water partition coefficient (Wildman–Crippen LogP) is 6.63. The lowest BCUT2D eigenvalue weighted by Crippen LogP contribution is -2.38. The fourth-order valence-corrected chi connectivity index (χ4v) is 8.46. The summed E-state index contributed by atoms with van der Waals surface area (Å²) in [5, 5.41) is 0.715. The second-order valence-corrected chi connectivity index (χ2v) is 11.1. The summed E-state index contributed by atoms with van der Waals surface area (Å²) in [6.07, 6.45) is 3.68. The summed E-state index contributed by atoms with van der Waals surface area (Å²) in [7, 11) is -3.64. The van der Waals surface area contributed by atoms with E-state index in [-0.39, 0.29) is 10.9 Å². The van der Waals surface area contributed by atoms with Gasteiger partial charge in [0.05, 0.1) is 0 Å². The SMILES string of the molecule is O=S(=O)(NC1CCCC(c2ccc(Cl)cc2)C1)c1c(Br)cc(Br)cc1Br. The van der Waals surface area contributed by atoms with E-state index in [1.807, 2.05) is 24.3 Å². The molecule has 0 saturated heterocycles. The lowest BCUT2D eigenvalue weighted by Gasteiger charge is -2.30. The highest BCUT2D eigenvalue weighted by atomic mass is 79.9. The molecule has 1 fully saturated rings. The van der Waals surface area contributed by atoms with Gasteiger partial charge in [0.15, 0.2) is 0 Å². The molecule has 8 heteroatoms. The molecule has 0 aliphatic heterocycles. The summed E-state index contributed by atoms with van der Waals surface area (Å²) in [6.45, 7) is 0. The first kappa shape index (κ1) is 20.8. The first-order chi connectivity index (χ1) is 12.3. The molecule has 0 bridgehead atoms. The largest absolute Gasteiger partial charge is 0.243 e. The van der Waals surface area contributed by atoms with Crippen molar-refractivity contribution in [3.63, 3.8) is 0 Å². The fraction of sp³-hybridized carbons (Fsp3) is 0.333. The molecule has 1 saturated carbocycles. The Kier molecular flexibility index (Phi) is 6.90. The van der Waals surface area contributed by atoms with Crippen LogP contribution in [-0.2, 0) is 10.0 Å². The third-order valence-corrected chi connectivity index (χ3v) is 8.68. The molecule has 2 aromatic carbocycles. The van der Waals surface area contributed by atoms with Crippen LogP contribution in [0.1, 0.15) is 37.2 Å². The van der Waals surface area contributed by atoms with Crippen LogP contribution < -0.4 is 4.72 Å². The third-order valence-electron chi connectivity index (χ3n) is 4.57. The predicted molar refractivity (Wildman–Crippen MR) is 116 cm³/mol. The van der Waals surface area contributed by atoms with Gasteiger partial charge in [-0.2, -0.15) is 0 Å². The minimum Gasteiger partial charge on any atom is -0.208 e. The number of nitrogens with one attached hydrogen (secondary N) is 1. The highest BCUT2D eigenvalue weighted by Crippen LogP contribution is 2.36. The maximum Gasteiger partial charge on any atom is 0.243 e. The zero-order chi connectivity index (χ0) is 18.9. The maximum absolute atomic E-state index is 12.9. The fourth-order valence-electron chi connectivity index (χ4n) is 3.40. The molecule has 0 radical (unpaired) electrons. The number of rotatable bonds is 4. The molecule has 0 heterocycles. The van der Waals surface area contributed by atoms with E-state index in [2.05, 4.69) is 52.5 Å². The van der Waals surface area contributed by atoms with E-state index in [1.54, 1.807) is 12.1 Å². The Balaban J connectivity index is 1.78. The van der Waals surface area contributed by atoms with Crippen molar-refractivity contribution in [2.45, 2.75) is 42.5 Å². The zero-order valence-corrected chi connectivity index (χ0v) is 20.0. The molecule has 2 unspecified atom stereocenters. The molecule has 2 aromatic rings. The minimum absolute atomic E-state index is 0.0862. The average molecular weight is 587 g/mol. The molecule has 1 aliphatic rings. The van der Waals surface area contributed by atoms with Crippen LogP contribution in [0.5, 0.6) is 0 Å². The Morgan fingerprint density at radius 2 is 1.62 bits per heavy atom. The Bertz CT molecular complexity index is 880. The molecular weight excluding hydrogens is 569 g/mol. The van der Waals surface area contributed by atoms with E-state index in [0.717, 1.165) is 30.2 Å². The van der Waals surface area contributed by atoms with Gasteiger partial charge < -0.3 is 0 Å². The number of hydrogen-bond acceptors (Lipinski definition) is 2. The molecule has 1 N–H and O–H groups in total. The Morgan fingerprint density at radius 1 is 1.00 bits per heavy atom. The molecular formula is C18H17Br3ClNO2S. The number of sulfonamides is 1. The monoisotopic (exact) mass is 583 g/mol. The van der Waals surface area contributed by atoms with Crippen molar-refractivity contribution < 1.29 is 8.42 Å².